The van der Waals surface area contributed by atoms with E-state index in [-0.39, 0.29) is 17.3 Å². The first-order valence-electron chi connectivity index (χ1n) is 6.91. The summed E-state index contributed by atoms with van der Waals surface area (Å²) < 4.78 is 33.6. The first kappa shape index (κ1) is 14.3. The number of hydrogen-bond donors (Lipinski definition) is 1. The Hall–Kier alpha value is -1.61. The van der Waals surface area contributed by atoms with Crippen LogP contribution in [-0.2, 0) is 21.4 Å². The van der Waals surface area contributed by atoms with Crippen LogP contribution in [0.1, 0.15) is 19.3 Å². The number of aliphatic carboxylic acids is 1. The van der Waals surface area contributed by atoms with Gasteiger partial charge >= 0.3 is 5.97 Å². The highest BCUT2D eigenvalue weighted by atomic mass is 32.2. The van der Waals surface area contributed by atoms with Crippen LogP contribution in [0.15, 0.2) is 11.1 Å². The maximum Gasteiger partial charge on any atom is 0.307 e. The summed E-state index contributed by atoms with van der Waals surface area (Å²) in [4.78, 5) is 11.1. The fourth-order valence-corrected chi connectivity index (χ4v) is 4.31. The lowest BCUT2D eigenvalue weighted by molar-refractivity contribution is -0.142. The van der Waals surface area contributed by atoms with Gasteiger partial charge in [-0.25, -0.2) is 13.1 Å². The highest BCUT2D eigenvalue weighted by molar-refractivity contribution is 7.89. The van der Waals surface area contributed by atoms with E-state index in [0.29, 0.717) is 32.5 Å². The lowest BCUT2D eigenvalue weighted by Gasteiger charge is -2.29. The molecule has 0 bridgehead atoms. The molecule has 0 aliphatic carbocycles. The van der Waals surface area contributed by atoms with E-state index in [1.54, 1.807) is 0 Å². The molecule has 1 unspecified atom stereocenters. The topological polar surface area (TPSA) is 102 Å². The zero-order chi connectivity index (χ0) is 15.0. The van der Waals surface area contributed by atoms with Gasteiger partial charge in [0.1, 0.15) is 0 Å². The Kier molecular flexibility index (Phi) is 3.62. The lowest BCUT2D eigenvalue weighted by Crippen LogP contribution is -2.42. The van der Waals surface area contributed by atoms with Crippen LogP contribution in [0.3, 0.4) is 0 Å². The average molecular weight is 315 g/mol. The van der Waals surface area contributed by atoms with Gasteiger partial charge in [0.25, 0.3) is 0 Å². The van der Waals surface area contributed by atoms with Gasteiger partial charge in [-0.3, -0.25) is 4.79 Å². The average Bonchev–Trinajstić information content (AvgIpc) is 2.92. The van der Waals surface area contributed by atoms with Crippen molar-refractivity contribution < 1.29 is 23.1 Å². The molecule has 9 heteroatoms. The Morgan fingerprint density at radius 2 is 2.19 bits per heavy atom. The summed E-state index contributed by atoms with van der Waals surface area (Å²) in [5, 5.41) is 13.1. The molecule has 1 aromatic rings. The summed E-state index contributed by atoms with van der Waals surface area (Å²) in [6.07, 6.45) is 3.13. The van der Waals surface area contributed by atoms with E-state index in [1.807, 2.05) is 0 Å². The quantitative estimate of drug-likeness (QED) is 0.852. The van der Waals surface area contributed by atoms with Crippen molar-refractivity contribution in [3.05, 3.63) is 6.20 Å². The summed E-state index contributed by atoms with van der Waals surface area (Å²) in [6.45, 7) is 1.42. The largest absolute Gasteiger partial charge is 0.481 e. The van der Waals surface area contributed by atoms with Gasteiger partial charge in [-0.2, -0.15) is 9.40 Å². The standard InChI is InChI=1S/C12H17N3O5S/c16-12(17)9-3-1-4-14(8-9)21(18,19)10-7-13-15-5-2-6-20-11(10)15/h7,9H,1-6,8H2,(H,16,17). The second kappa shape index (κ2) is 5.30. The minimum Gasteiger partial charge on any atom is -0.481 e. The molecule has 0 radical (unpaired) electrons. The number of carboxylic acid groups (broad SMARTS) is 1. The van der Waals surface area contributed by atoms with Crippen LogP contribution >= 0.6 is 0 Å². The van der Waals surface area contributed by atoms with E-state index in [2.05, 4.69) is 5.10 Å². The molecule has 21 heavy (non-hydrogen) atoms. The fourth-order valence-electron chi connectivity index (χ4n) is 2.72. The maximum atomic E-state index is 12.7. The van der Waals surface area contributed by atoms with Gasteiger partial charge in [-0.15, -0.1) is 0 Å². The van der Waals surface area contributed by atoms with Crippen LogP contribution in [0.4, 0.5) is 0 Å². The van der Waals surface area contributed by atoms with Crippen LogP contribution in [0.2, 0.25) is 0 Å². The predicted molar refractivity (Wildman–Crippen MR) is 71.5 cm³/mol. The molecule has 3 heterocycles. The van der Waals surface area contributed by atoms with Crippen LogP contribution < -0.4 is 4.74 Å². The molecule has 2 aliphatic heterocycles. The van der Waals surface area contributed by atoms with Gasteiger partial charge in [0.05, 0.1) is 18.7 Å². The van der Waals surface area contributed by atoms with E-state index >= 15 is 0 Å². The molecular weight excluding hydrogens is 298 g/mol. The minimum atomic E-state index is -3.76. The van der Waals surface area contributed by atoms with Crippen molar-refractivity contribution in [1.29, 1.82) is 0 Å². The zero-order valence-corrected chi connectivity index (χ0v) is 12.3. The minimum absolute atomic E-state index is 0.00227. The summed E-state index contributed by atoms with van der Waals surface area (Å²) in [5.74, 6) is -1.34. The van der Waals surface area contributed by atoms with Gasteiger partial charge in [0, 0.05) is 26.1 Å². The van der Waals surface area contributed by atoms with Gasteiger partial charge in [0.15, 0.2) is 4.90 Å². The molecule has 0 spiro atoms. The monoisotopic (exact) mass is 315 g/mol. The summed E-state index contributed by atoms with van der Waals surface area (Å²) >= 11 is 0. The van der Waals surface area contributed by atoms with Gasteiger partial charge in [-0.1, -0.05) is 0 Å². The van der Waals surface area contributed by atoms with Crippen molar-refractivity contribution in [1.82, 2.24) is 14.1 Å². The number of carboxylic acids is 1. The molecule has 0 aromatic carbocycles. The molecular formula is C12H17N3O5S. The van der Waals surface area contributed by atoms with E-state index in [0.717, 1.165) is 6.42 Å². The van der Waals surface area contributed by atoms with Crippen molar-refractivity contribution in [2.24, 2.45) is 5.92 Å². The Morgan fingerprint density at radius 3 is 2.95 bits per heavy atom. The van der Waals surface area contributed by atoms with Crippen molar-refractivity contribution in [3.8, 4) is 5.88 Å². The highest BCUT2D eigenvalue weighted by Crippen LogP contribution is 2.31. The Bertz CT molecular complexity index is 654. The van der Waals surface area contributed by atoms with E-state index in [4.69, 9.17) is 9.84 Å². The summed E-state index contributed by atoms with van der Waals surface area (Å²) in [5.41, 5.74) is 0. The molecule has 1 N–H and O–H groups in total. The number of nitrogens with zero attached hydrogens (tertiary/aromatic N) is 3. The first-order chi connectivity index (χ1) is 10.00. The third kappa shape index (κ3) is 2.51. The molecule has 3 rings (SSSR count). The number of hydrogen-bond acceptors (Lipinski definition) is 5. The number of fused-ring (bicyclic) bond motifs is 1. The van der Waals surface area contributed by atoms with Crippen molar-refractivity contribution >= 4 is 16.0 Å². The number of carbonyl (C=O) groups is 1. The van der Waals surface area contributed by atoms with E-state index < -0.39 is 21.9 Å². The second-order valence-electron chi connectivity index (χ2n) is 5.28. The number of piperidine rings is 1. The molecule has 1 atom stereocenters. The second-order valence-corrected chi connectivity index (χ2v) is 7.19. The molecule has 0 amide bonds. The molecule has 116 valence electrons. The van der Waals surface area contributed by atoms with Crippen molar-refractivity contribution in [3.63, 3.8) is 0 Å². The zero-order valence-electron chi connectivity index (χ0n) is 11.4. The number of rotatable bonds is 3. The van der Waals surface area contributed by atoms with Crippen LogP contribution in [-0.4, -0.2) is 53.3 Å². The normalized spacial score (nSPS) is 23.3. The molecule has 2 aliphatic rings. The van der Waals surface area contributed by atoms with Gasteiger partial charge in [-0.05, 0) is 12.8 Å². The highest BCUT2D eigenvalue weighted by Gasteiger charge is 2.36. The Morgan fingerprint density at radius 1 is 1.38 bits per heavy atom. The predicted octanol–water partition coefficient (Wildman–Crippen LogP) is 0.151. The molecule has 1 fully saturated rings. The summed E-state index contributed by atoms with van der Waals surface area (Å²) in [7, 11) is -3.76. The molecule has 0 saturated carbocycles. The van der Waals surface area contributed by atoms with Gasteiger partial charge in [0.2, 0.25) is 15.9 Å². The maximum absolute atomic E-state index is 12.7. The third-order valence-corrected chi connectivity index (χ3v) is 5.71. The fraction of sp³-hybridized carbons (Fsp3) is 0.667. The van der Waals surface area contributed by atoms with Crippen LogP contribution in [0.25, 0.3) is 0 Å². The van der Waals surface area contributed by atoms with Crippen molar-refractivity contribution in [2.45, 2.75) is 30.7 Å². The SMILES string of the molecule is O=C(O)C1CCCN(S(=O)(=O)c2cnn3c2OCCC3)C1. The number of aryl methyl sites for hydroxylation is 1. The molecule has 1 aromatic heterocycles. The Balaban J connectivity index is 1.90. The Labute approximate surface area is 122 Å². The van der Waals surface area contributed by atoms with Crippen LogP contribution in [0, 0.1) is 5.92 Å². The van der Waals surface area contributed by atoms with E-state index in [9.17, 15) is 13.2 Å². The van der Waals surface area contributed by atoms with Gasteiger partial charge < -0.3 is 9.84 Å². The summed E-state index contributed by atoms with van der Waals surface area (Å²) in [6, 6.07) is 0. The van der Waals surface area contributed by atoms with Crippen LogP contribution in [0.5, 0.6) is 5.88 Å². The third-order valence-electron chi connectivity index (χ3n) is 3.86. The smallest absolute Gasteiger partial charge is 0.307 e. The van der Waals surface area contributed by atoms with E-state index in [1.165, 1.54) is 15.2 Å². The lowest BCUT2D eigenvalue weighted by atomic mass is 10.0. The number of ether oxygens (including phenoxy) is 1. The number of aromatic nitrogens is 2. The number of sulfonamides is 1. The first-order valence-corrected chi connectivity index (χ1v) is 8.35. The molecule has 1 saturated heterocycles. The molecule has 8 nitrogen and oxygen atoms in total. The van der Waals surface area contributed by atoms with Crippen molar-refractivity contribution in [2.75, 3.05) is 19.7 Å².